The molecule has 0 radical (unpaired) electrons. The van der Waals surface area contributed by atoms with Gasteiger partial charge in [-0.05, 0) is 30.3 Å². The van der Waals surface area contributed by atoms with Crippen LogP contribution in [0.2, 0.25) is 0 Å². The predicted octanol–water partition coefficient (Wildman–Crippen LogP) is 3.42. The Bertz CT molecular complexity index is 706. The first-order valence-corrected chi connectivity index (χ1v) is 6.79. The Hall–Kier alpha value is -3.03. The number of hydrogen-bond donors (Lipinski definition) is 1. The molecule has 0 aliphatic rings. The summed E-state index contributed by atoms with van der Waals surface area (Å²) in [5.41, 5.74) is 0.607. The number of halogens is 3. The van der Waals surface area contributed by atoms with Crippen molar-refractivity contribution in [3.63, 3.8) is 0 Å². The second-order valence-electron chi connectivity index (χ2n) is 4.48. The summed E-state index contributed by atoms with van der Waals surface area (Å²) >= 11 is 0. The second kappa shape index (κ2) is 8.56. The molecule has 2 rings (SSSR count). The SMILES string of the molecule is O=C(CO/N=C\c1ccccc1F)Nc1ccc(OC(F)F)cc1. The molecule has 0 aliphatic carbocycles. The fourth-order valence-electron chi connectivity index (χ4n) is 1.69. The highest BCUT2D eigenvalue weighted by Crippen LogP contribution is 2.17. The summed E-state index contributed by atoms with van der Waals surface area (Å²) in [7, 11) is 0. The average molecular weight is 338 g/mol. The van der Waals surface area contributed by atoms with Crippen molar-refractivity contribution >= 4 is 17.8 Å². The fraction of sp³-hybridized carbons (Fsp3) is 0.125. The molecule has 1 amide bonds. The molecule has 0 aromatic heterocycles. The largest absolute Gasteiger partial charge is 0.435 e. The van der Waals surface area contributed by atoms with Crippen LogP contribution in [0.1, 0.15) is 5.56 Å². The lowest BCUT2D eigenvalue weighted by Gasteiger charge is -2.07. The number of carbonyl (C=O) groups is 1. The summed E-state index contributed by atoms with van der Waals surface area (Å²) in [5.74, 6) is -0.989. The van der Waals surface area contributed by atoms with E-state index in [0.29, 0.717) is 5.69 Å². The van der Waals surface area contributed by atoms with Gasteiger partial charge in [-0.2, -0.15) is 8.78 Å². The molecular weight excluding hydrogens is 325 g/mol. The van der Waals surface area contributed by atoms with Gasteiger partial charge in [-0.1, -0.05) is 23.4 Å². The third kappa shape index (κ3) is 5.64. The number of nitrogens with zero attached hydrogens (tertiary/aromatic N) is 1. The average Bonchev–Trinajstić information content (AvgIpc) is 2.54. The number of carbonyl (C=O) groups excluding carboxylic acids is 1. The monoisotopic (exact) mass is 338 g/mol. The third-order valence-corrected chi connectivity index (χ3v) is 2.73. The molecule has 0 aliphatic heterocycles. The zero-order valence-electron chi connectivity index (χ0n) is 12.3. The van der Waals surface area contributed by atoms with Crippen LogP contribution in [0.4, 0.5) is 18.9 Å². The minimum Gasteiger partial charge on any atom is -0.435 e. The van der Waals surface area contributed by atoms with Crippen LogP contribution < -0.4 is 10.1 Å². The fourth-order valence-corrected chi connectivity index (χ4v) is 1.69. The molecule has 0 heterocycles. The maximum atomic E-state index is 13.3. The number of benzene rings is 2. The van der Waals surface area contributed by atoms with Crippen LogP contribution in [-0.2, 0) is 9.63 Å². The zero-order chi connectivity index (χ0) is 17.4. The van der Waals surface area contributed by atoms with Crippen molar-refractivity contribution in [3.05, 3.63) is 59.9 Å². The molecule has 0 bridgehead atoms. The maximum absolute atomic E-state index is 13.3. The highest BCUT2D eigenvalue weighted by molar-refractivity contribution is 5.91. The highest BCUT2D eigenvalue weighted by Gasteiger charge is 2.06. The Morgan fingerprint density at radius 3 is 2.54 bits per heavy atom. The summed E-state index contributed by atoms with van der Waals surface area (Å²) in [6.45, 7) is -3.30. The molecule has 0 fully saturated rings. The summed E-state index contributed by atoms with van der Waals surface area (Å²) in [5, 5.41) is 5.98. The number of amides is 1. The van der Waals surface area contributed by atoms with E-state index in [2.05, 4.69) is 15.2 Å². The first kappa shape index (κ1) is 17.3. The van der Waals surface area contributed by atoms with Crippen LogP contribution in [0.5, 0.6) is 5.75 Å². The normalized spacial score (nSPS) is 10.8. The van der Waals surface area contributed by atoms with Gasteiger partial charge in [-0.15, -0.1) is 0 Å². The molecule has 0 atom stereocenters. The topological polar surface area (TPSA) is 59.9 Å². The Morgan fingerprint density at radius 1 is 1.17 bits per heavy atom. The highest BCUT2D eigenvalue weighted by atomic mass is 19.3. The lowest BCUT2D eigenvalue weighted by molar-refractivity contribution is -0.120. The van der Waals surface area contributed by atoms with Crippen molar-refractivity contribution in [2.75, 3.05) is 11.9 Å². The van der Waals surface area contributed by atoms with E-state index in [0.717, 1.165) is 6.21 Å². The van der Waals surface area contributed by atoms with Gasteiger partial charge in [0.05, 0.1) is 6.21 Å². The predicted molar refractivity (Wildman–Crippen MR) is 81.6 cm³/mol. The quantitative estimate of drug-likeness (QED) is 0.622. The lowest BCUT2D eigenvalue weighted by Crippen LogP contribution is -2.17. The smallest absolute Gasteiger partial charge is 0.387 e. The van der Waals surface area contributed by atoms with Crippen LogP contribution in [0, 0.1) is 5.82 Å². The Kier molecular flexibility index (Phi) is 6.18. The molecule has 2 aromatic rings. The summed E-state index contributed by atoms with van der Waals surface area (Å²) in [4.78, 5) is 16.4. The van der Waals surface area contributed by atoms with E-state index < -0.39 is 18.3 Å². The van der Waals surface area contributed by atoms with E-state index in [1.807, 2.05) is 0 Å². The first-order chi connectivity index (χ1) is 11.5. The number of anilines is 1. The number of ether oxygens (including phenoxy) is 1. The van der Waals surface area contributed by atoms with Crippen molar-refractivity contribution < 1.29 is 27.5 Å². The van der Waals surface area contributed by atoms with Crippen molar-refractivity contribution in [1.82, 2.24) is 0 Å². The maximum Gasteiger partial charge on any atom is 0.387 e. The van der Waals surface area contributed by atoms with Crippen LogP contribution in [0.15, 0.2) is 53.7 Å². The van der Waals surface area contributed by atoms with Gasteiger partial charge in [-0.3, -0.25) is 4.79 Å². The molecule has 0 unspecified atom stereocenters. The molecule has 0 spiro atoms. The number of hydrogen-bond acceptors (Lipinski definition) is 4. The molecule has 8 heteroatoms. The van der Waals surface area contributed by atoms with Crippen LogP contribution in [-0.4, -0.2) is 25.3 Å². The van der Waals surface area contributed by atoms with Crippen molar-refractivity contribution in [2.24, 2.45) is 5.16 Å². The van der Waals surface area contributed by atoms with Crippen molar-refractivity contribution in [2.45, 2.75) is 6.61 Å². The van der Waals surface area contributed by atoms with Gasteiger partial charge in [0.2, 0.25) is 0 Å². The molecule has 126 valence electrons. The van der Waals surface area contributed by atoms with E-state index in [1.54, 1.807) is 12.1 Å². The van der Waals surface area contributed by atoms with Crippen molar-refractivity contribution in [1.29, 1.82) is 0 Å². The molecular formula is C16H13F3N2O3. The Balaban J connectivity index is 1.78. The van der Waals surface area contributed by atoms with Gasteiger partial charge in [0.15, 0.2) is 6.61 Å². The van der Waals surface area contributed by atoms with E-state index in [1.165, 1.54) is 36.4 Å². The Morgan fingerprint density at radius 2 is 1.88 bits per heavy atom. The zero-order valence-corrected chi connectivity index (χ0v) is 12.3. The van der Waals surface area contributed by atoms with E-state index in [-0.39, 0.29) is 17.9 Å². The van der Waals surface area contributed by atoms with Gasteiger partial charge in [0, 0.05) is 11.3 Å². The minimum atomic E-state index is -2.91. The molecule has 24 heavy (non-hydrogen) atoms. The van der Waals surface area contributed by atoms with Crippen LogP contribution in [0.3, 0.4) is 0 Å². The minimum absolute atomic E-state index is 0.0197. The van der Waals surface area contributed by atoms with E-state index in [4.69, 9.17) is 4.84 Å². The molecule has 2 aromatic carbocycles. The van der Waals surface area contributed by atoms with Gasteiger partial charge in [-0.25, -0.2) is 4.39 Å². The number of rotatable bonds is 7. The third-order valence-electron chi connectivity index (χ3n) is 2.73. The van der Waals surface area contributed by atoms with Gasteiger partial charge >= 0.3 is 6.61 Å². The summed E-state index contributed by atoms with van der Waals surface area (Å²) in [6, 6.07) is 11.3. The van der Waals surface area contributed by atoms with Crippen LogP contribution in [0.25, 0.3) is 0 Å². The number of oxime groups is 1. The van der Waals surface area contributed by atoms with E-state index in [9.17, 15) is 18.0 Å². The molecule has 1 N–H and O–H groups in total. The summed E-state index contributed by atoms with van der Waals surface area (Å²) in [6.07, 6.45) is 1.15. The lowest BCUT2D eigenvalue weighted by atomic mass is 10.2. The van der Waals surface area contributed by atoms with Gasteiger partial charge in [0.1, 0.15) is 11.6 Å². The molecule has 0 saturated heterocycles. The number of nitrogens with one attached hydrogen (secondary N) is 1. The molecule has 5 nitrogen and oxygen atoms in total. The standard InChI is InChI=1S/C16H13F3N2O3/c17-14-4-2-1-3-11(14)9-20-23-10-15(22)21-12-5-7-13(8-6-12)24-16(18)19/h1-9,16H,10H2,(H,21,22)/b20-9-. The van der Waals surface area contributed by atoms with Crippen molar-refractivity contribution in [3.8, 4) is 5.75 Å². The summed E-state index contributed by atoms with van der Waals surface area (Å²) < 4.78 is 41.5. The van der Waals surface area contributed by atoms with Crippen LogP contribution >= 0.6 is 0 Å². The first-order valence-electron chi connectivity index (χ1n) is 6.79. The van der Waals surface area contributed by atoms with Gasteiger partial charge in [0.25, 0.3) is 5.91 Å². The van der Waals surface area contributed by atoms with Gasteiger partial charge < -0.3 is 14.9 Å². The Labute approximate surface area is 135 Å². The molecule has 0 saturated carbocycles. The second-order valence-corrected chi connectivity index (χ2v) is 4.48. The number of alkyl halides is 2. The van der Waals surface area contributed by atoms with E-state index >= 15 is 0 Å².